The fraction of sp³-hybridized carbons (Fsp3) is 0.238. The topological polar surface area (TPSA) is 75.2 Å². The molecule has 2 aromatic carbocycles. The van der Waals surface area contributed by atoms with Gasteiger partial charge in [-0.1, -0.05) is 47.2 Å². The van der Waals surface area contributed by atoms with Gasteiger partial charge in [0, 0.05) is 35.3 Å². The van der Waals surface area contributed by atoms with Gasteiger partial charge in [-0.3, -0.25) is 9.59 Å². The van der Waals surface area contributed by atoms with E-state index < -0.39 is 0 Å². The third kappa shape index (κ3) is 4.63. The van der Waals surface area contributed by atoms with Gasteiger partial charge in [0.05, 0.1) is 0 Å². The van der Waals surface area contributed by atoms with Crippen molar-refractivity contribution in [2.75, 3.05) is 18.4 Å². The van der Waals surface area contributed by atoms with E-state index in [1.807, 2.05) is 35.2 Å². The summed E-state index contributed by atoms with van der Waals surface area (Å²) in [5.74, 6) is -0.0318. The number of rotatable bonds is 4. The fourth-order valence-corrected chi connectivity index (χ4v) is 4.43. The SMILES string of the molecule is O=C(Nc1cccc(Cl)c1)c1nnc(C2CCN(C(=O)c3ccccc3)CC2)s1. The first kappa shape index (κ1) is 19.5. The lowest BCUT2D eigenvalue weighted by Gasteiger charge is -2.31. The summed E-state index contributed by atoms with van der Waals surface area (Å²) in [6.07, 6.45) is 1.62. The lowest BCUT2D eigenvalue weighted by Crippen LogP contribution is -2.37. The van der Waals surface area contributed by atoms with Crippen LogP contribution in [0.3, 0.4) is 0 Å². The molecule has 1 aromatic heterocycles. The van der Waals surface area contributed by atoms with Gasteiger partial charge in [-0.25, -0.2) is 0 Å². The third-order valence-electron chi connectivity index (χ3n) is 4.87. The molecule has 148 valence electrons. The molecule has 1 aliphatic rings. The van der Waals surface area contributed by atoms with Crippen LogP contribution >= 0.6 is 22.9 Å². The average Bonchev–Trinajstić information content (AvgIpc) is 3.24. The second kappa shape index (κ2) is 8.71. The van der Waals surface area contributed by atoms with E-state index in [0.29, 0.717) is 34.4 Å². The van der Waals surface area contributed by atoms with E-state index >= 15 is 0 Å². The molecule has 0 spiro atoms. The Morgan fingerprint density at radius 3 is 2.52 bits per heavy atom. The summed E-state index contributed by atoms with van der Waals surface area (Å²) in [5, 5.41) is 12.8. The molecule has 1 N–H and O–H groups in total. The van der Waals surface area contributed by atoms with Crippen LogP contribution in [0.5, 0.6) is 0 Å². The van der Waals surface area contributed by atoms with Crippen LogP contribution < -0.4 is 5.32 Å². The minimum atomic E-state index is -0.298. The van der Waals surface area contributed by atoms with Crippen LogP contribution in [0.25, 0.3) is 0 Å². The number of benzene rings is 2. The van der Waals surface area contributed by atoms with E-state index in [1.54, 1.807) is 24.3 Å². The molecule has 4 rings (SSSR count). The maximum atomic E-state index is 12.6. The molecular weight excluding hydrogens is 408 g/mol. The molecule has 1 fully saturated rings. The summed E-state index contributed by atoms with van der Waals surface area (Å²) in [4.78, 5) is 26.9. The maximum Gasteiger partial charge on any atom is 0.286 e. The molecule has 6 nitrogen and oxygen atoms in total. The monoisotopic (exact) mass is 426 g/mol. The smallest absolute Gasteiger partial charge is 0.286 e. The standard InChI is InChI=1S/C21H19ClN4O2S/c22-16-7-4-8-17(13-16)23-18(27)20-25-24-19(29-20)14-9-11-26(12-10-14)21(28)15-5-2-1-3-6-15/h1-8,13-14H,9-12H2,(H,23,27). The summed E-state index contributed by atoms with van der Waals surface area (Å²) < 4.78 is 0. The first-order chi connectivity index (χ1) is 14.1. The summed E-state index contributed by atoms with van der Waals surface area (Å²) in [6.45, 7) is 1.34. The molecule has 2 heterocycles. The second-order valence-corrected chi connectivity index (χ2v) is 8.29. The van der Waals surface area contributed by atoms with Crippen LogP contribution in [0, 0.1) is 0 Å². The highest BCUT2D eigenvalue weighted by Gasteiger charge is 2.27. The van der Waals surface area contributed by atoms with E-state index in [0.717, 1.165) is 17.8 Å². The van der Waals surface area contributed by atoms with Crippen LogP contribution in [0.2, 0.25) is 5.02 Å². The normalized spacial score (nSPS) is 14.6. The molecule has 8 heteroatoms. The number of carbonyl (C=O) groups is 2. The molecule has 0 saturated carbocycles. The van der Waals surface area contributed by atoms with E-state index in [2.05, 4.69) is 15.5 Å². The third-order valence-corrected chi connectivity index (χ3v) is 6.19. The van der Waals surface area contributed by atoms with Crippen LogP contribution in [-0.2, 0) is 0 Å². The van der Waals surface area contributed by atoms with Gasteiger partial charge in [0.15, 0.2) is 0 Å². The first-order valence-electron chi connectivity index (χ1n) is 9.35. The second-order valence-electron chi connectivity index (χ2n) is 6.84. The molecule has 1 aliphatic heterocycles. The van der Waals surface area contributed by atoms with E-state index in [9.17, 15) is 9.59 Å². The average molecular weight is 427 g/mol. The van der Waals surface area contributed by atoms with E-state index in [1.165, 1.54) is 11.3 Å². The number of nitrogens with zero attached hydrogens (tertiary/aromatic N) is 3. The summed E-state index contributed by atoms with van der Waals surface area (Å²) in [5.41, 5.74) is 1.33. The first-order valence-corrected chi connectivity index (χ1v) is 10.5. The highest BCUT2D eigenvalue weighted by Crippen LogP contribution is 2.31. The molecule has 3 aromatic rings. The lowest BCUT2D eigenvalue weighted by molar-refractivity contribution is 0.0712. The number of hydrogen-bond acceptors (Lipinski definition) is 5. The van der Waals surface area contributed by atoms with Crippen LogP contribution in [-0.4, -0.2) is 40.0 Å². The quantitative estimate of drug-likeness (QED) is 0.668. The number of anilines is 1. The van der Waals surface area contributed by atoms with Gasteiger partial charge in [0.2, 0.25) is 5.01 Å². The molecule has 0 unspecified atom stereocenters. The molecule has 0 atom stereocenters. The van der Waals surface area contributed by atoms with Crippen molar-refractivity contribution >= 4 is 40.4 Å². The highest BCUT2D eigenvalue weighted by atomic mass is 35.5. The molecular formula is C21H19ClN4O2S. The van der Waals surface area contributed by atoms with E-state index in [-0.39, 0.29) is 17.7 Å². The highest BCUT2D eigenvalue weighted by molar-refractivity contribution is 7.13. The van der Waals surface area contributed by atoms with Crippen LogP contribution in [0.4, 0.5) is 5.69 Å². The lowest BCUT2D eigenvalue weighted by atomic mass is 9.97. The van der Waals surface area contributed by atoms with Crippen LogP contribution in [0.1, 0.15) is 43.9 Å². The Labute approximate surface area is 177 Å². The molecule has 0 bridgehead atoms. The van der Waals surface area contributed by atoms with Gasteiger partial charge in [0.1, 0.15) is 5.01 Å². The predicted octanol–water partition coefficient (Wildman–Crippen LogP) is 4.46. The Bertz CT molecular complexity index is 1020. The number of aromatic nitrogens is 2. The zero-order chi connectivity index (χ0) is 20.2. The summed E-state index contributed by atoms with van der Waals surface area (Å²) in [7, 11) is 0. The van der Waals surface area contributed by atoms with Crippen molar-refractivity contribution in [3.63, 3.8) is 0 Å². The van der Waals surface area contributed by atoms with Crippen molar-refractivity contribution in [2.24, 2.45) is 0 Å². The molecule has 29 heavy (non-hydrogen) atoms. The number of hydrogen-bond donors (Lipinski definition) is 1. The number of piperidine rings is 1. The van der Waals surface area contributed by atoms with Crippen molar-refractivity contribution in [3.8, 4) is 0 Å². The van der Waals surface area contributed by atoms with Crippen molar-refractivity contribution in [1.29, 1.82) is 0 Å². The zero-order valence-electron chi connectivity index (χ0n) is 15.5. The minimum absolute atomic E-state index is 0.0582. The fourth-order valence-electron chi connectivity index (χ4n) is 3.33. The number of amides is 2. The zero-order valence-corrected chi connectivity index (χ0v) is 17.1. The van der Waals surface area contributed by atoms with Gasteiger partial charge in [-0.2, -0.15) is 0 Å². The molecule has 0 radical (unpaired) electrons. The Balaban J connectivity index is 1.36. The Morgan fingerprint density at radius 2 is 1.79 bits per heavy atom. The van der Waals surface area contributed by atoms with Crippen LogP contribution in [0.15, 0.2) is 54.6 Å². The molecule has 2 amide bonds. The van der Waals surface area contributed by atoms with Crippen molar-refractivity contribution in [3.05, 3.63) is 75.2 Å². The minimum Gasteiger partial charge on any atom is -0.339 e. The number of likely N-dealkylation sites (tertiary alicyclic amines) is 1. The van der Waals surface area contributed by atoms with Gasteiger partial charge >= 0.3 is 0 Å². The van der Waals surface area contributed by atoms with E-state index in [4.69, 9.17) is 11.6 Å². The predicted molar refractivity (Wildman–Crippen MR) is 114 cm³/mol. The van der Waals surface area contributed by atoms with Crippen molar-refractivity contribution in [2.45, 2.75) is 18.8 Å². The van der Waals surface area contributed by atoms with Gasteiger partial charge in [-0.15, -0.1) is 10.2 Å². The Hall–Kier alpha value is -2.77. The van der Waals surface area contributed by atoms with Gasteiger partial charge in [0.25, 0.3) is 11.8 Å². The van der Waals surface area contributed by atoms with Gasteiger partial charge < -0.3 is 10.2 Å². The maximum absolute atomic E-state index is 12.6. The molecule has 0 aliphatic carbocycles. The summed E-state index contributed by atoms with van der Waals surface area (Å²) in [6, 6.07) is 16.3. The van der Waals surface area contributed by atoms with Crippen molar-refractivity contribution in [1.82, 2.24) is 15.1 Å². The van der Waals surface area contributed by atoms with Crippen molar-refractivity contribution < 1.29 is 9.59 Å². The van der Waals surface area contributed by atoms with Gasteiger partial charge in [-0.05, 0) is 43.2 Å². The Morgan fingerprint density at radius 1 is 1.03 bits per heavy atom. The Kier molecular flexibility index (Phi) is 5.87. The largest absolute Gasteiger partial charge is 0.339 e. The molecule has 1 saturated heterocycles. The number of halogens is 1. The summed E-state index contributed by atoms with van der Waals surface area (Å²) >= 11 is 7.25. The number of carbonyl (C=O) groups excluding carboxylic acids is 2. The number of nitrogens with one attached hydrogen (secondary N) is 1.